The number of piperidine rings is 1. The molecule has 1 amide bonds. The zero-order valence-electron chi connectivity index (χ0n) is 10.9. The number of amides is 1. The fourth-order valence-electron chi connectivity index (χ4n) is 2.29. The second-order valence-corrected chi connectivity index (χ2v) is 4.63. The monoisotopic (exact) mass is 263 g/mol. The molecule has 19 heavy (non-hydrogen) atoms. The first kappa shape index (κ1) is 13.3. The summed E-state index contributed by atoms with van der Waals surface area (Å²) in [5.74, 6) is 0.131. The van der Waals surface area contributed by atoms with Crippen molar-refractivity contribution in [1.82, 2.24) is 4.90 Å². The molecule has 102 valence electrons. The summed E-state index contributed by atoms with van der Waals surface area (Å²) < 4.78 is 0. The third-order valence-electron chi connectivity index (χ3n) is 3.32. The standard InChI is InChI=1S/C13H17N3O3/c1-14-11-6-5-10(8-12(11)16(18)19)9-15-7-3-2-4-13(15)17/h5-6,8,14H,2-4,7,9H2,1H3. The summed E-state index contributed by atoms with van der Waals surface area (Å²) in [6, 6.07) is 5.04. The lowest BCUT2D eigenvalue weighted by Crippen LogP contribution is -2.34. The minimum atomic E-state index is -0.409. The van der Waals surface area contributed by atoms with E-state index in [0.29, 0.717) is 18.7 Å². The molecule has 1 aromatic rings. The van der Waals surface area contributed by atoms with E-state index in [1.54, 1.807) is 18.0 Å². The smallest absolute Gasteiger partial charge is 0.292 e. The number of likely N-dealkylation sites (tertiary alicyclic amines) is 1. The van der Waals surface area contributed by atoms with Gasteiger partial charge < -0.3 is 10.2 Å². The van der Waals surface area contributed by atoms with Gasteiger partial charge in [0.25, 0.3) is 5.69 Å². The molecule has 6 heteroatoms. The van der Waals surface area contributed by atoms with Gasteiger partial charge in [-0.05, 0) is 24.5 Å². The Hall–Kier alpha value is -2.11. The van der Waals surface area contributed by atoms with Crippen molar-refractivity contribution in [1.29, 1.82) is 0 Å². The average Bonchev–Trinajstić information content (AvgIpc) is 2.41. The molecular formula is C13H17N3O3. The number of hydrogen-bond acceptors (Lipinski definition) is 4. The molecule has 1 aromatic carbocycles. The van der Waals surface area contributed by atoms with Crippen molar-refractivity contribution in [3.8, 4) is 0 Å². The van der Waals surface area contributed by atoms with Gasteiger partial charge in [-0.3, -0.25) is 14.9 Å². The van der Waals surface area contributed by atoms with E-state index in [0.717, 1.165) is 24.9 Å². The summed E-state index contributed by atoms with van der Waals surface area (Å²) in [6.07, 6.45) is 2.52. The van der Waals surface area contributed by atoms with E-state index in [1.807, 2.05) is 6.07 Å². The summed E-state index contributed by atoms with van der Waals surface area (Å²) in [6.45, 7) is 1.18. The molecule has 1 N–H and O–H groups in total. The number of anilines is 1. The highest BCUT2D eigenvalue weighted by Crippen LogP contribution is 2.26. The summed E-state index contributed by atoms with van der Waals surface area (Å²) in [5.41, 5.74) is 1.32. The molecule has 2 rings (SSSR count). The van der Waals surface area contributed by atoms with Crippen LogP contribution in [0.2, 0.25) is 0 Å². The van der Waals surface area contributed by atoms with Crippen molar-refractivity contribution in [3.63, 3.8) is 0 Å². The third-order valence-corrected chi connectivity index (χ3v) is 3.32. The molecule has 0 atom stereocenters. The van der Waals surface area contributed by atoms with Crippen LogP contribution in [0.1, 0.15) is 24.8 Å². The Bertz CT molecular complexity index is 502. The molecule has 0 radical (unpaired) electrons. The largest absolute Gasteiger partial charge is 0.383 e. The molecular weight excluding hydrogens is 246 g/mol. The van der Waals surface area contributed by atoms with Crippen molar-refractivity contribution < 1.29 is 9.72 Å². The quantitative estimate of drug-likeness (QED) is 0.667. The molecule has 0 unspecified atom stereocenters. The first-order valence-corrected chi connectivity index (χ1v) is 6.34. The van der Waals surface area contributed by atoms with Crippen LogP contribution in [-0.2, 0) is 11.3 Å². The Morgan fingerprint density at radius 3 is 2.84 bits per heavy atom. The predicted molar refractivity (Wildman–Crippen MR) is 71.9 cm³/mol. The van der Waals surface area contributed by atoms with Crippen LogP contribution in [0.3, 0.4) is 0 Å². The maximum atomic E-state index is 11.7. The molecule has 1 aliphatic heterocycles. The lowest BCUT2D eigenvalue weighted by atomic mass is 10.1. The number of carbonyl (C=O) groups excluding carboxylic acids is 1. The third kappa shape index (κ3) is 3.01. The number of carbonyl (C=O) groups is 1. The van der Waals surface area contributed by atoms with E-state index < -0.39 is 4.92 Å². The van der Waals surface area contributed by atoms with Gasteiger partial charge in [-0.25, -0.2) is 0 Å². The molecule has 0 saturated carbocycles. The van der Waals surface area contributed by atoms with Gasteiger partial charge in [0.2, 0.25) is 5.91 Å². The van der Waals surface area contributed by atoms with Crippen molar-refractivity contribution in [3.05, 3.63) is 33.9 Å². The van der Waals surface area contributed by atoms with Crippen LogP contribution >= 0.6 is 0 Å². The lowest BCUT2D eigenvalue weighted by Gasteiger charge is -2.26. The van der Waals surface area contributed by atoms with Crippen molar-refractivity contribution in [2.75, 3.05) is 18.9 Å². The minimum absolute atomic E-state index is 0.0458. The maximum absolute atomic E-state index is 11.7. The number of nitrogens with zero attached hydrogens (tertiary/aromatic N) is 2. The summed E-state index contributed by atoms with van der Waals surface area (Å²) >= 11 is 0. The molecule has 0 aliphatic carbocycles. The van der Waals surface area contributed by atoms with Crippen molar-refractivity contribution in [2.24, 2.45) is 0 Å². The number of nitro groups is 1. The molecule has 1 saturated heterocycles. The molecule has 1 aliphatic rings. The number of benzene rings is 1. The van der Waals surface area contributed by atoms with Crippen LogP contribution in [0.5, 0.6) is 0 Å². The molecule has 0 bridgehead atoms. The van der Waals surface area contributed by atoms with Gasteiger partial charge in [-0.1, -0.05) is 6.07 Å². The van der Waals surface area contributed by atoms with Crippen molar-refractivity contribution in [2.45, 2.75) is 25.8 Å². The minimum Gasteiger partial charge on any atom is -0.383 e. The zero-order valence-corrected chi connectivity index (χ0v) is 10.9. The molecule has 1 fully saturated rings. The molecule has 0 spiro atoms. The highest BCUT2D eigenvalue weighted by Gasteiger charge is 2.20. The van der Waals surface area contributed by atoms with Gasteiger partial charge in [-0.2, -0.15) is 0 Å². The fourth-order valence-corrected chi connectivity index (χ4v) is 2.29. The SMILES string of the molecule is CNc1ccc(CN2CCCCC2=O)cc1[N+](=O)[O-]. The van der Waals surface area contributed by atoms with Gasteiger partial charge in [0.05, 0.1) is 4.92 Å². The fraction of sp³-hybridized carbons (Fsp3) is 0.462. The van der Waals surface area contributed by atoms with Crippen LogP contribution in [0.25, 0.3) is 0 Å². The highest BCUT2D eigenvalue weighted by molar-refractivity contribution is 5.77. The van der Waals surface area contributed by atoms with E-state index in [2.05, 4.69) is 5.32 Å². The van der Waals surface area contributed by atoms with E-state index in [4.69, 9.17) is 0 Å². The van der Waals surface area contributed by atoms with Crippen LogP contribution in [0, 0.1) is 10.1 Å². The highest BCUT2D eigenvalue weighted by atomic mass is 16.6. The van der Waals surface area contributed by atoms with E-state index in [1.165, 1.54) is 6.07 Å². The predicted octanol–water partition coefficient (Wildman–Crippen LogP) is 2.15. The van der Waals surface area contributed by atoms with Crippen LogP contribution in [0.15, 0.2) is 18.2 Å². The topological polar surface area (TPSA) is 75.5 Å². The van der Waals surface area contributed by atoms with Gasteiger partial charge in [0.15, 0.2) is 0 Å². The average molecular weight is 263 g/mol. The van der Waals surface area contributed by atoms with Gasteiger partial charge in [0.1, 0.15) is 5.69 Å². The van der Waals surface area contributed by atoms with E-state index >= 15 is 0 Å². The normalized spacial score (nSPS) is 15.4. The number of hydrogen-bond donors (Lipinski definition) is 1. The van der Waals surface area contributed by atoms with Crippen LogP contribution in [-0.4, -0.2) is 29.3 Å². The van der Waals surface area contributed by atoms with Crippen molar-refractivity contribution >= 4 is 17.3 Å². The van der Waals surface area contributed by atoms with E-state index in [-0.39, 0.29) is 11.6 Å². The Balaban J connectivity index is 2.18. The molecule has 6 nitrogen and oxygen atoms in total. The maximum Gasteiger partial charge on any atom is 0.292 e. The second-order valence-electron chi connectivity index (χ2n) is 4.63. The summed E-state index contributed by atoms with van der Waals surface area (Å²) in [4.78, 5) is 24.1. The number of nitro benzene ring substituents is 1. The number of rotatable bonds is 4. The zero-order chi connectivity index (χ0) is 13.8. The Kier molecular flexibility index (Phi) is 3.99. The Morgan fingerprint density at radius 1 is 1.42 bits per heavy atom. The summed E-state index contributed by atoms with van der Waals surface area (Å²) in [7, 11) is 1.65. The first-order chi connectivity index (χ1) is 9.11. The first-order valence-electron chi connectivity index (χ1n) is 6.34. The lowest BCUT2D eigenvalue weighted by molar-refractivity contribution is -0.384. The van der Waals surface area contributed by atoms with Crippen LogP contribution in [0.4, 0.5) is 11.4 Å². The summed E-state index contributed by atoms with van der Waals surface area (Å²) in [5, 5.41) is 13.8. The Labute approximate surface area is 111 Å². The Morgan fingerprint density at radius 2 is 2.21 bits per heavy atom. The second kappa shape index (κ2) is 5.69. The number of nitrogens with one attached hydrogen (secondary N) is 1. The van der Waals surface area contributed by atoms with E-state index in [9.17, 15) is 14.9 Å². The van der Waals surface area contributed by atoms with Gasteiger partial charge in [0, 0.05) is 32.6 Å². The van der Waals surface area contributed by atoms with Gasteiger partial charge in [-0.15, -0.1) is 0 Å². The molecule has 0 aromatic heterocycles. The van der Waals surface area contributed by atoms with Gasteiger partial charge >= 0.3 is 0 Å². The van der Waals surface area contributed by atoms with Crippen LogP contribution < -0.4 is 5.32 Å². The molecule has 1 heterocycles.